The quantitative estimate of drug-likeness (QED) is 0.221. The van der Waals surface area contributed by atoms with Crippen LogP contribution < -0.4 is 19.5 Å². The first-order valence-electron chi connectivity index (χ1n) is 10.3. The first-order valence-corrected chi connectivity index (χ1v) is 11.1. The second kappa shape index (κ2) is 12.5. The molecule has 8 heteroatoms. The lowest BCUT2D eigenvalue weighted by Gasteiger charge is -2.13. The van der Waals surface area contributed by atoms with Crippen molar-refractivity contribution in [1.29, 1.82) is 5.26 Å². The second-order valence-electron chi connectivity index (χ2n) is 7.02. The summed E-state index contributed by atoms with van der Waals surface area (Å²) in [6.07, 6.45) is 1.40. The Morgan fingerprint density at radius 2 is 1.68 bits per heavy atom. The number of ether oxygens (including phenoxy) is 3. The Balaban J connectivity index is 1.68. The molecular weight excluding hydrogens is 475 g/mol. The number of rotatable bonds is 10. The van der Waals surface area contributed by atoms with Gasteiger partial charge in [0.1, 0.15) is 42.1 Å². The maximum Gasteiger partial charge on any atom is 0.262 e. The van der Waals surface area contributed by atoms with Gasteiger partial charge in [-0.3, -0.25) is 4.79 Å². The Labute approximate surface area is 208 Å². The number of benzene rings is 3. The molecule has 0 spiro atoms. The SMILES string of the molecule is COc1ccc(OCCOc2c(Cl)cc(Cl)cc2C=C(C#N)C(=O)NCc2ccccc2)cc1. The fourth-order valence-electron chi connectivity index (χ4n) is 2.99. The van der Waals surface area contributed by atoms with Gasteiger partial charge < -0.3 is 19.5 Å². The van der Waals surface area contributed by atoms with Crippen LogP contribution in [0.25, 0.3) is 6.08 Å². The number of methoxy groups -OCH3 is 1. The molecule has 0 radical (unpaired) electrons. The Bertz CT molecular complexity index is 1190. The highest BCUT2D eigenvalue weighted by Gasteiger charge is 2.14. The van der Waals surface area contributed by atoms with Crippen molar-refractivity contribution in [1.82, 2.24) is 5.32 Å². The zero-order valence-electron chi connectivity index (χ0n) is 18.4. The van der Waals surface area contributed by atoms with Crippen LogP contribution in [-0.2, 0) is 11.3 Å². The van der Waals surface area contributed by atoms with Gasteiger partial charge in [-0.15, -0.1) is 0 Å². The van der Waals surface area contributed by atoms with E-state index in [0.717, 1.165) is 11.3 Å². The van der Waals surface area contributed by atoms with Crippen molar-refractivity contribution in [2.75, 3.05) is 20.3 Å². The van der Waals surface area contributed by atoms with Crippen LogP contribution in [0.3, 0.4) is 0 Å². The van der Waals surface area contributed by atoms with Crippen molar-refractivity contribution in [2.24, 2.45) is 0 Å². The Morgan fingerprint density at radius 1 is 1.00 bits per heavy atom. The van der Waals surface area contributed by atoms with Crippen LogP contribution in [0.4, 0.5) is 0 Å². The second-order valence-corrected chi connectivity index (χ2v) is 7.86. The molecule has 0 aliphatic heterocycles. The molecule has 1 amide bonds. The van der Waals surface area contributed by atoms with E-state index in [-0.39, 0.29) is 23.8 Å². The molecule has 0 atom stereocenters. The number of hydrogen-bond donors (Lipinski definition) is 1. The van der Waals surface area contributed by atoms with E-state index in [2.05, 4.69) is 5.32 Å². The zero-order chi connectivity index (χ0) is 24.3. The molecule has 0 bridgehead atoms. The van der Waals surface area contributed by atoms with E-state index < -0.39 is 5.91 Å². The summed E-state index contributed by atoms with van der Waals surface area (Å²) in [4.78, 5) is 12.6. The molecule has 0 aromatic heterocycles. The van der Waals surface area contributed by atoms with E-state index in [4.69, 9.17) is 37.4 Å². The lowest BCUT2D eigenvalue weighted by Crippen LogP contribution is -2.23. The molecule has 0 aliphatic carbocycles. The molecule has 6 nitrogen and oxygen atoms in total. The molecule has 3 aromatic carbocycles. The van der Waals surface area contributed by atoms with Gasteiger partial charge in [-0.1, -0.05) is 53.5 Å². The normalized spacial score (nSPS) is 10.8. The fourth-order valence-corrected chi connectivity index (χ4v) is 3.56. The first-order chi connectivity index (χ1) is 16.5. The van der Waals surface area contributed by atoms with Gasteiger partial charge in [0.25, 0.3) is 5.91 Å². The molecule has 0 saturated heterocycles. The number of nitriles is 1. The maximum atomic E-state index is 12.6. The minimum absolute atomic E-state index is 0.103. The predicted octanol–water partition coefficient (Wildman–Crippen LogP) is 5.68. The maximum absolute atomic E-state index is 12.6. The van der Waals surface area contributed by atoms with Gasteiger partial charge in [-0.2, -0.15) is 5.26 Å². The van der Waals surface area contributed by atoms with E-state index in [0.29, 0.717) is 28.6 Å². The molecule has 3 aromatic rings. The van der Waals surface area contributed by atoms with Gasteiger partial charge in [0.05, 0.1) is 12.1 Å². The number of carbonyl (C=O) groups excluding carboxylic acids is 1. The van der Waals surface area contributed by atoms with Crippen molar-refractivity contribution >= 4 is 35.2 Å². The number of carbonyl (C=O) groups is 1. The third-order valence-electron chi connectivity index (χ3n) is 4.66. The van der Waals surface area contributed by atoms with E-state index in [1.807, 2.05) is 36.4 Å². The van der Waals surface area contributed by atoms with Gasteiger partial charge in [-0.05, 0) is 48.0 Å². The Morgan fingerprint density at radius 3 is 2.35 bits per heavy atom. The van der Waals surface area contributed by atoms with Crippen LogP contribution in [0.1, 0.15) is 11.1 Å². The van der Waals surface area contributed by atoms with Crippen LogP contribution >= 0.6 is 23.2 Å². The van der Waals surface area contributed by atoms with Crippen LogP contribution in [-0.4, -0.2) is 26.2 Å². The number of halogens is 2. The highest BCUT2D eigenvalue weighted by atomic mass is 35.5. The third kappa shape index (κ3) is 7.17. The van der Waals surface area contributed by atoms with Gasteiger partial charge in [-0.25, -0.2) is 0 Å². The predicted molar refractivity (Wildman–Crippen MR) is 132 cm³/mol. The van der Waals surface area contributed by atoms with E-state index >= 15 is 0 Å². The van der Waals surface area contributed by atoms with Gasteiger partial charge in [0.15, 0.2) is 0 Å². The monoisotopic (exact) mass is 496 g/mol. The highest BCUT2D eigenvalue weighted by Crippen LogP contribution is 2.34. The largest absolute Gasteiger partial charge is 0.497 e. The Hall–Kier alpha value is -3.66. The summed E-state index contributed by atoms with van der Waals surface area (Å²) < 4.78 is 16.6. The van der Waals surface area contributed by atoms with Crippen molar-refractivity contribution < 1.29 is 19.0 Å². The molecule has 0 unspecified atom stereocenters. The van der Waals surface area contributed by atoms with Gasteiger partial charge in [0, 0.05) is 17.1 Å². The van der Waals surface area contributed by atoms with Crippen molar-refractivity contribution in [3.05, 3.63) is 93.5 Å². The smallest absolute Gasteiger partial charge is 0.262 e. The fraction of sp³-hybridized carbons (Fsp3) is 0.154. The standard InChI is InChI=1S/C26H22Cl2N2O4/c1-32-22-7-9-23(10-8-22)33-11-12-34-25-19(14-21(27)15-24(25)28)13-20(16-29)26(31)30-17-18-5-3-2-4-6-18/h2-10,13-15H,11-12,17H2,1H3,(H,30,31). The number of nitrogens with zero attached hydrogens (tertiary/aromatic N) is 1. The zero-order valence-corrected chi connectivity index (χ0v) is 19.9. The molecule has 34 heavy (non-hydrogen) atoms. The summed E-state index contributed by atoms with van der Waals surface area (Å²) in [7, 11) is 1.59. The number of amides is 1. The lowest BCUT2D eigenvalue weighted by atomic mass is 10.1. The van der Waals surface area contributed by atoms with E-state index in [1.54, 1.807) is 37.4 Å². The molecule has 174 valence electrons. The van der Waals surface area contributed by atoms with Gasteiger partial charge in [0.2, 0.25) is 0 Å². The number of hydrogen-bond acceptors (Lipinski definition) is 5. The topological polar surface area (TPSA) is 80.6 Å². The summed E-state index contributed by atoms with van der Waals surface area (Å²) in [5, 5.41) is 12.9. The lowest BCUT2D eigenvalue weighted by molar-refractivity contribution is -0.117. The molecule has 0 fully saturated rings. The summed E-state index contributed by atoms with van der Waals surface area (Å²) >= 11 is 12.5. The van der Waals surface area contributed by atoms with Crippen LogP contribution in [0.5, 0.6) is 17.2 Å². The van der Waals surface area contributed by atoms with Crippen LogP contribution in [0.2, 0.25) is 10.0 Å². The molecule has 3 rings (SSSR count). The minimum Gasteiger partial charge on any atom is -0.497 e. The van der Waals surface area contributed by atoms with Crippen LogP contribution in [0.15, 0.2) is 72.3 Å². The molecule has 0 aliphatic rings. The van der Waals surface area contributed by atoms with Crippen molar-refractivity contribution in [3.63, 3.8) is 0 Å². The first kappa shape index (κ1) is 25.0. The average Bonchev–Trinajstić information content (AvgIpc) is 2.85. The molecular formula is C26H22Cl2N2O4. The molecule has 0 saturated carbocycles. The summed E-state index contributed by atoms with van der Waals surface area (Å²) in [6.45, 7) is 0.717. The summed E-state index contributed by atoms with van der Waals surface area (Å²) in [5.74, 6) is 1.17. The number of nitrogens with one attached hydrogen (secondary N) is 1. The van der Waals surface area contributed by atoms with E-state index in [9.17, 15) is 10.1 Å². The summed E-state index contributed by atoms with van der Waals surface area (Å²) in [6, 6.07) is 21.6. The average molecular weight is 497 g/mol. The molecule has 0 heterocycles. The van der Waals surface area contributed by atoms with Crippen LogP contribution in [0, 0.1) is 11.3 Å². The van der Waals surface area contributed by atoms with Gasteiger partial charge >= 0.3 is 0 Å². The molecule has 1 N–H and O–H groups in total. The third-order valence-corrected chi connectivity index (χ3v) is 5.15. The van der Waals surface area contributed by atoms with Crippen molar-refractivity contribution in [2.45, 2.75) is 6.54 Å². The van der Waals surface area contributed by atoms with Crippen molar-refractivity contribution in [3.8, 4) is 23.3 Å². The Kier molecular flexibility index (Phi) is 9.21. The minimum atomic E-state index is -0.517. The van der Waals surface area contributed by atoms with E-state index in [1.165, 1.54) is 12.1 Å². The highest BCUT2D eigenvalue weighted by molar-refractivity contribution is 6.36. The summed E-state index contributed by atoms with van der Waals surface area (Å²) in [5.41, 5.74) is 1.22.